The Kier molecular flexibility index (Phi) is 3.91. The van der Waals surface area contributed by atoms with E-state index in [0.29, 0.717) is 12.1 Å². The Bertz CT molecular complexity index is 356. The van der Waals surface area contributed by atoms with Gasteiger partial charge in [-0.05, 0) is 26.8 Å². The summed E-state index contributed by atoms with van der Waals surface area (Å²) in [6.07, 6.45) is 0. The number of amides is 1. The topological polar surface area (TPSA) is 54.3 Å². The second-order valence-electron chi connectivity index (χ2n) is 3.51. The van der Waals surface area contributed by atoms with Crippen molar-refractivity contribution in [3.8, 4) is 0 Å². The predicted molar refractivity (Wildman–Crippen MR) is 59.0 cm³/mol. The molecular formula is C11H18N2O2. The van der Waals surface area contributed by atoms with Crippen molar-refractivity contribution in [3.05, 3.63) is 23.0 Å². The normalized spacial score (nSPS) is 10.4. The van der Waals surface area contributed by atoms with Crippen molar-refractivity contribution < 1.29 is 9.90 Å². The maximum Gasteiger partial charge on any atom is 0.253 e. The number of aryl methyl sites for hydroxylation is 1. The lowest BCUT2D eigenvalue weighted by atomic mass is 10.2. The van der Waals surface area contributed by atoms with E-state index in [2.05, 4.69) is 16.8 Å². The van der Waals surface area contributed by atoms with Gasteiger partial charge in [0.25, 0.3) is 5.91 Å². The van der Waals surface area contributed by atoms with Crippen LogP contribution in [0, 0.1) is 13.8 Å². The summed E-state index contributed by atoms with van der Waals surface area (Å²) in [7, 11) is 0. The standard InChI is InChI=1S/C11H18N2O2/c1-4-13-8(2)7-10(9(13)3)11(15)12-5-6-14/h7,14H,4-6H2,1-3H3,(H,12,15). The monoisotopic (exact) mass is 210 g/mol. The van der Waals surface area contributed by atoms with Gasteiger partial charge >= 0.3 is 0 Å². The van der Waals surface area contributed by atoms with E-state index >= 15 is 0 Å². The Morgan fingerprint density at radius 2 is 2.20 bits per heavy atom. The first kappa shape index (κ1) is 11.8. The summed E-state index contributed by atoms with van der Waals surface area (Å²) in [5, 5.41) is 11.3. The van der Waals surface area contributed by atoms with Crippen LogP contribution in [0.15, 0.2) is 6.07 Å². The molecule has 0 unspecified atom stereocenters. The van der Waals surface area contributed by atoms with E-state index in [-0.39, 0.29) is 12.5 Å². The highest BCUT2D eigenvalue weighted by Gasteiger charge is 2.13. The van der Waals surface area contributed by atoms with Gasteiger partial charge < -0.3 is 15.0 Å². The summed E-state index contributed by atoms with van der Waals surface area (Å²) >= 11 is 0. The lowest BCUT2D eigenvalue weighted by molar-refractivity contribution is 0.0944. The van der Waals surface area contributed by atoms with Crippen molar-refractivity contribution in [3.63, 3.8) is 0 Å². The minimum Gasteiger partial charge on any atom is -0.395 e. The Morgan fingerprint density at radius 1 is 1.53 bits per heavy atom. The molecule has 0 saturated carbocycles. The van der Waals surface area contributed by atoms with Gasteiger partial charge in [-0.3, -0.25) is 4.79 Å². The van der Waals surface area contributed by atoms with Crippen molar-refractivity contribution in [2.24, 2.45) is 0 Å². The second kappa shape index (κ2) is 4.98. The van der Waals surface area contributed by atoms with Gasteiger partial charge in [0.05, 0.1) is 12.2 Å². The highest BCUT2D eigenvalue weighted by molar-refractivity contribution is 5.95. The van der Waals surface area contributed by atoms with Gasteiger partial charge in [-0.15, -0.1) is 0 Å². The molecule has 4 nitrogen and oxygen atoms in total. The molecule has 0 fully saturated rings. The molecule has 15 heavy (non-hydrogen) atoms. The Labute approximate surface area is 89.9 Å². The highest BCUT2D eigenvalue weighted by Crippen LogP contribution is 2.14. The third-order valence-electron chi connectivity index (χ3n) is 2.53. The largest absolute Gasteiger partial charge is 0.395 e. The van der Waals surface area contributed by atoms with Crippen molar-refractivity contribution in [2.75, 3.05) is 13.2 Å². The van der Waals surface area contributed by atoms with Crippen LogP contribution in [0.5, 0.6) is 0 Å². The third-order valence-corrected chi connectivity index (χ3v) is 2.53. The number of aliphatic hydroxyl groups excluding tert-OH is 1. The number of rotatable bonds is 4. The molecule has 0 aliphatic carbocycles. The quantitative estimate of drug-likeness (QED) is 0.774. The first-order valence-electron chi connectivity index (χ1n) is 5.17. The molecule has 1 rings (SSSR count). The van der Waals surface area contributed by atoms with Crippen LogP contribution in [-0.2, 0) is 6.54 Å². The zero-order valence-corrected chi connectivity index (χ0v) is 9.50. The average molecular weight is 210 g/mol. The predicted octanol–water partition coefficient (Wildman–Crippen LogP) is 0.847. The number of hydrogen-bond acceptors (Lipinski definition) is 2. The van der Waals surface area contributed by atoms with Gasteiger partial charge in [-0.1, -0.05) is 0 Å². The van der Waals surface area contributed by atoms with E-state index in [9.17, 15) is 4.79 Å². The first-order chi connectivity index (χ1) is 7.11. The zero-order valence-electron chi connectivity index (χ0n) is 9.50. The van der Waals surface area contributed by atoms with Crippen molar-refractivity contribution in [1.29, 1.82) is 0 Å². The van der Waals surface area contributed by atoms with E-state index in [4.69, 9.17) is 5.11 Å². The van der Waals surface area contributed by atoms with E-state index in [1.807, 2.05) is 19.9 Å². The summed E-state index contributed by atoms with van der Waals surface area (Å²) in [5.41, 5.74) is 2.76. The second-order valence-corrected chi connectivity index (χ2v) is 3.51. The fourth-order valence-electron chi connectivity index (χ4n) is 1.78. The van der Waals surface area contributed by atoms with Gasteiger partial charge in [-0.25, -0.2) is 0 Å². The van der Waals surface area contributed by atoms with Crippen molar-refractivity contribution in [2.45, 2.75) is 27.3 Å². The Hall–Kier alpha value is -1.29. The van der Waals surface area contributed by atoms with Gasteiger partial charge in [0.15, 0.2) is 0 Å². The fraction of sp³-hybridized carbons (Fsp3) is 0.545. The fourth-order valence-corrected chi connectivity index (χ4v) is 1.78. The summed E-state index contributed by atoms with van der Waals surface area (Å²) < 4.78 is 2.09. The van der Waals surface area contributed by atoms with Crippen molar-refractivity contribution in [1.82, 2.24) is 9.88 Å². The third kappa shape index (κ3) is 2.39. The number of aliphatic hydroxyl groups is 1. The molecule has 2 N–H and O–H groups in total. The van der Waals surface area contributed by atoms with Crippen LogP contribution >= 0.6 is 0 Å². The van der Waals surface area contributed by atoms with Gasteiger partial charge in [-0.2, -0.15) is 0 Å². The van der Waals surface area contributed by atoms with Crippen LogP contribution < -0.4 is 5.32 Å². The molecule has 84 valence electrons. The van der Waals surface area contributed by atoms with Gasteiger partial charge in [0, 0.05) is 24.5 Å². The molecule has 0 radical (unpaired) electrons. The molecule has 0 atom stereocenters. The zero-order chi connectivity index (χ0) is 11.4. The van der Waals surface area contributed by atoms with Crippen LogP contribution in [0.2, 0.25) is 0 Å². The smallest absolute Gasteiger partial charge is 0.253 e. The average Bonchev–Trinajstić information content (AvgIpc) is 2.50. The molecule has 0 aliphatic rings. The summed E-state index contributed by atoms with van der Waals surface area (Å²) in [6.45, 7) is 7.11. The Morgan fingerprint density at radius 3 is 2.67 bits per heavy atom. The number of carbonyl (C=O) groups is 1. The summed E-state index contributed by atoms with van der Waals surface area (Å²) in [5.74, 6) is -0.114. The van der Waals surface area contributed by atoms with E-state index in [1.165, 1.54) is 0 Å². The number of nitrogens with one attached hydrogen (secondary N) is 1. The van der Waals surface area contributed by atoms with E-state index in [0.717, 1.165) is 17.9 Å². The molecule has 0 aliphatic heterocycles. The number of hydrogen-bond donors (Lipinski definition) is 2. The number of carbonyl (C=O) groups excluding carboxylic acids is 1. The molecule has 1 aromatic heterocycles. The first-order valence-corrected chi connectivity index (χ1v) is 5.17. The van der Waals surface area contributed by atoms with Crippen LogP contribution in [0.1, 0.15) is 28.7 Å². The van der Waals surface area contributed by atoms with Crippen LogP contribution in [0.4, 0.5) is 0 Å². The minimum atomic E-state index is -0.114. The van der Waals surface area contributed by atoms with Gasteiger partial charge in [0.2, 0.25) is 0 Å². The van der Waals surface area contributed by atoms with Gasteiger partial charge in [0.1, 0.15) is 0 Å². The number of aromatic nitrogens is 1. The maximum atomic E-state index is 11.7. The SMILES string of the molecule is CCn1c(C)cc(C(=O)NCCO)c1C. The van der Waals surface area contributed by atoms with Crippen LogP contribution in [-0.4, -0.2) is 28.7 Å². The minimum absolute atomic E-state index is 0.0295. The molecule has 1 heterocycles. The molecule has 0 saturated heterocycles. The number of nitrogens with zero attached hydrogens (tertiary/aromatic N) is 1. The molecule has 0 aromatic carbocycles. The molecule has 4 heteroatoms. The lowest BCUT2D eigenvalue weighted by Gasteiger charge is -2.06. The highest BCUT2D eigenvalue weighted by atomic mass is 16.3. The van der Waals surface area contributed by atoms with Crippen LogP contribution in [0.25, 0.3) is 0 Å². The maximum absolute atomic E-state index is 11.7. The van der Waals surface area contributed by atoms with E-state index in [1.54, 1.807) is 0 Å². The molecule has 0 spiro atoms. The summed E-state index contributed by atoms with van der Waals surface area (Å²) in [6, 6.07) is 1.88. The van der Waals surface area contributed by atoms with Crippen LogP contribution in [0.3, 0.4) is 0 Å². The summed E-state index contributed by atoms with van der Waals surface area (Å²) in [4.78, 5) is 11.7. The van der Waals surface area contributed by atoms with Crippen molar-refractivity contribution >= 4 is 5.91 Å². The van der Waals surface area contributed by atoms with E-state index < -0.39 is 0 Å². The lowest BCUT2D eigenvalue weighted by Crippen LogP contribution is -2.26. The molecular weight excluding hydrogens is 192 g/mol. The molecule has 1 aromatic rings. The Balaban J connectivity index is 2.90. The molecule has 1 amide bonds. The molecule has 0 bridgehead atoms.